The Labute approximate surface area is 115 Å². The molecule has 1 unspecified atom stereocenters. The lowest BCUT2D eigenvalue weighted by atomic mass is 10.1. The van der Waals surface area contributed by atoms with E-state index in [4.69, 9.17) is 16.3 Å². The molecule has 0 saturated carbocycles. The second-order valence-electron chi connectivity index (χ2n) is 4.32. The lowest BCUT2D eigenvalue weighted by Gasteiger charge is -2.33. The van der Waals surface area contributed by atoms with Gasteiger partial charge in [0.1, 0.15) is 5.02 Å². The lowest BCUT2D eigenvalue weighted by molar-refractivity contribution is -0.384. The third-order valence-corrected chi connectivity index (χ3v) is 3.43. The molecule has 0 aromatic heterocycles. The second kappa shape index (κ2) is 5.54. The van der Waals surface area contributed by atoms with Gasteiger partial charge in [0.05, 0.1) is 29.7 Å². The van der Waals surface area contributed by atoms with E-state index in [1.54, 1.807) is 4.90 Å². The van der Waals surface area contributed by atoms with Crippen molar-refractivity contribution in [2.45, 2.75) is 13.0 Å². The first-order valence-corrected chi connectivity index (χ1v) is 6.21. The maximum atomic E-state index is 12.4. The monoisotopic (exact) mass is 284 g/mol. The van der Waals surface area contributed by atoms with Crippen LogP contribution in [0.4, 0.5) is 5.69 Å². The number of benzene rings is 1. The summed E-state index contributed by atoms with van der Waals surface area (Å²) in [5, 5.41) is 10.7. The Morgan fingerprint density at radius 1 is 1.58 bits per heavy atom. The van der Waals surface area contributed by atoms with Gasteiger partial charge < -0.3 is 9.64 Å². The highest BCUT2D eigenvalue weighted by molar-refractivity contribution is 6.35. The number of nitro groups is 1. The van der Waals surface area contributed by atoms with Gasteiger partial charge in [-0.25, -0.2) is 0 Å². The highest BCUT2D eigenvalue weighted by Crippen LogP contribution is 2.29. The van der Waals surface area contributed by atoms with Crippen molar-refractivity contribution >= 4 is 23.2 Å². The number of nitro benzene ring substituents is 1. The van der Waals surface area contributed by atoms with Crippen LogP contribution in [0.5, 0.6) is 0 Å². The van der Waals surface area contributed by atoms with Crippen molar-refractivity contribution in [3.05, 3.63) is 38.9 Å². The Morgan fingerprint density at radius 3 is 2.95 bits per heavy atom. The van der Waals surface area contributed by atoms with E-state index < -0.39 is 4.92 Å². The quantitative estimate of drug-likeness (QED) is 0.616. The van der Waals surface area contributed by atoms with Gasteiger partial charge in [0.2, 0.25) is 0 Å². The zero-order valence-electron chi connectivity index (χ0n) is 10.3. The number of rotatable bonds is 2. The van der Waals surface area contributed by atoms with E-state index in [1.807, 2.05) is 6.92 Å². The summed E-state index contributed by atoms with van der Waals surface area (Å²) < 4.78 is 5.26. The molecule has 102 valence electrons. The minimum Gasteiger partial charge on any atom is -0.377 e. The van der Waals surface area contributed by atoms with E-state index in [1.165, 1.54) is 18.2 Å². The Bertz CT molecular complexity index is 520. The average molecular weight is 285 g/mol. The van der Waals surface area contributed by atoms with E-state index in [0.29, 0.717) is 19.8 Å². The molecule has 1 atom stereocenters. The molecule has 1 heterocycles. The summed E-state index contributed by atoms with van der Waals surface area (Å²) in [4.78, 5) is 24.2. The average Bonchev–Trinajstić information content (AvgIpc) is 2.38. The first-order valence-electron chi connectivity index (χ1n) is 5.84. The maximum absolute atomic E-state index is 12.4. The molecule has 7 heteroatoms. The van der Waals surface area contributed by atoms with E-state index in [-0.39, 0.29) is 28.2 Å². The fraction of sp³-hybridized carbons (Fsp3) is 0.417. The number of carbonyl (C=O) groups is 1. The summed E-state index contributed by atoms with van der Waals surface area (Å²) in [7, 11) is 0. The first-order chi connectivity index (χ1) is 9.02. The summed E-state index contributed by atoms with van der Waals surface area (Å²) >= 11 is 5.95. The number of amides is 1. The van der Waals surface area contributed by atoms with Crippen molar-refractivity contribution < 1.29 is 14.5 Å². The highest BCUT2D eigenvalue weighted by atomic mass is 35.5. The number of carbonyl (C=O) groups excluding carboxylic acids is 1. The third-order valence-electron chi connectivity index (χ3n) is 3.03. The minimum absolute atomic E-state index is 0.0726. The number of nitrogens with zero attached hydrogens (tertiary/aromatic N) is 2. The van der Waals surface area contributed by atoms with Gasteiger partial charge in [-0.15, -0.1) is 0 Å². The zero-order chi connectivity index (χ0) is 14.0. The molecule has 6 nitrogen and oxygen atoms in total. The first kappa shape index (κ1) is 13.8. The molecule has 1 amide bonds. The third kappa shape index (κ3) is 2.69. The van der Waals surface area contributed by atoms with E-state index in [9.17, 15) is 14.9 Å². The van der Waals surface area contributed by atoms with Crippen molar-refractivity contribution in [2.24, 2.45) is 0 Å². The van der Waals surface area contributed by atoms with Crippen LogP contribution in [0.15, 0.2) is 18.2 Å². The summed E-state index contributed by atoms with van der Waals surface area (Å²) in [5.74, 6) is -0.301. The highest BCUT2D eigenvalue weighted by Gasteiger charge is 2.28. The Kier molecular flexibility index (Phi) is 4.01. The topological polar surface area (TPSA) is 72.7 Å². The van der Waals surface area contributed by atoms with Crippen LogP contribution in [0.3, 0.4) is 0 Å². The van der Waals surface area contributed by atoms with Crippen LogP contribution in [0, 0.1) is 10.1 Å². The van der Waals surface area contributed by atoms with Crippen molar-refractivity contribution in [1.82, 2.24) is 4.90 Å². The van der Waals surface area contributed by atoms with Crippen molar-refractivity contribution in [3.8, 4) is 0 Å². The summed E-state index contributed by atoms with van der Waals surface area (Å²) in [5.41, 5.74) is -0.0990. The Hall–Kier alpha value is -1.66. The van der Waals surface area contributed by atoms with Gasteiger partial charge in [-0.1, -0.05) is 17.7 Å². The molecular weight excluding hydrogens is 272 g/mol. The lowest BCUT2D eigenvalue weighted by Crippen LogP contribution is -2.47. The molecular formula is C12H13ClN2O4. The fourth-order valence-corrected chi connectivity index (χ4v) is 2.29. The fourth-order valence-electron chi connectivity index (χ4n) is 2.01. The number of ether oxygens (including phenoxy) is 1. The van der Waals surface area contributed by atoms with Crippen molar-refractivity contribution in [3.63, 3.8) is 0 Å². The van der Waals surface area contributed by atoms with Gasteiger partial charge >= 0.3 is 0 Å². The number of hydrogen-bond donors (Lipinski definition) is 0. The molecule has 1 fully saturated rings. The maximum Gasteiger partial charge on any atom is 0.288 e. The molecule has 1 aromatic rings. The summed E-state index contributed by atoms with van der Waals surface area (Å²) in [6.07, 6.45) is 0. The molecule has 0 N–H and O–H groups in total. The second-order valence-corrected chi connectivity index (χ2v) is 4.70. The SMILES string of the molecule is CC1COCCN1C(=O)c1cccc([N+](=O)[O-])c1Cl. The van der Waals surface area contributed by atoms with Gasteiger partial charge in [0, 0.05) is 12.6 Å². The van der Waals surface area contributed by atoms with Gasteiger partial charge in [-0.2, -0.15) is 0 Å². The summed E-state index contributed by atoms with van der Waals surface area (Å²) in [6.45, 7) is 3.24. The van der Waals surface area contributed by atoms with Crippen molar-refractivity contribution in [1.29, 1.82) is 0 Å². The van der Waals surface area contributed by atoms with Crippen LogP contribution < -0.4 is 0 Å². The minimum atomic E-state index is -0.595. The van der Waals surface area contributed by atoms with E-state index in [0.717, 1.165) is 0 Å². The van der Waals surface area contributed by atoms with Crippen LogP contribution in [0.2, 0.25) is 5.02 Å². The molecule has 1 aliphatic heterocycles. The van der Waals surface area contributed by atoms with Crippen molar-refractivity contribution in [2.75, 3.05) is 19.8 Å². The predicted octanol–water partition coefficient (Wildman–Crippen LogP) is 2.11. The molecule has 19 heavy (non-hydrogen) atoms. The number of morpholine rings is 1. The Morgan fingerprint density at radius 2 is 2.32 bits per heavy atom. The molecule has 1 aliphatic rings. The molecule has 0 aliphatic carbocycles. The molecule has 2 rings (SSSR count). The van der Waals surface area contributed by atoms with Gasteiger partial charge in [-0.05, 0) is 13.0 Å². The predicted molar refractivity (Wildman–Crippen MR) is 69.4 cm³/mol. The molecule has 0 bridgehead atoms. The van der Waals surface area contributed by atoms with E-state index in [2.05, 4.69) is 0 Å². The van der Waals surface area contributed by atoms with Crippen LogP contribution in [0.25, 0.3) is 0 Å². The molecule has 0 spiro atoms. The van der Waals surface area contributed by atoms with Gasteiger partial charge in [0.25, 0.3) is 11.6 Å². The molecule has 0 radical (unpaired) electrons. The van der Waals surface area contributed by atoms with E-state index >= 15 is 0 Å². The Balaban J connectivity index is 2.33. The van der Waals surface area contributed by atoms with Crippen LogP contribution >= 0.6 is 11.6 Å². The molecule has 1 aromatic carbocycles. The standard InChI is InChI=1S/C12H13ClN2O4/c1-8-7-19-6-5-14(8)12(16)9-3-2-4-10(11(9)13)15(17)18/h2-4,8H,5-7H2,1H3. The summed E-state index contributed by atoms with van der Waals surface area (Å²) in [6, 6.07) is 4.17. The zero-order valence-corrected chi connectivity index (χ0v) is 11.1. The van der Waals surface area contributed by atoms with Crippen LogP contribution in [0.1, 0.15) is 17.3 Å². The largest absolute Gasteiger partial charge is 0.377 e. The van der Waals surface area contributed by atoms with Gasteiger partial charge in [-0.3, -0.25) is 14.9 Å². The smallest absolute Gasteiger partial charge is 0.288 e. The molecule has 1 saturated heterocycles. The normalized spacial score (nSPS) is 19.3. The van der Waals surface area contributed by atoms with Crippen LogP contribution in [-0.2, 0) is 4.74 Å². The number of halogens is 1. The van der Waals surface area contributed by atoms with Crippen LogP contribution in [-0.4, -0.2) is 41.5 Å². The number of hydrogen-bond acceptors (Lipinski definition) is 4. The van der Waals surface area contributed by atoms with Gasteiger partial charge in [0.15, 0.2) is 0 Å².